The molecule has 2 amide bonds. The van der Waals surface area contributed by atoms with Crippen LogP contribution in [0.4, 0.5) is 5.69 Å². The first-order chi connectivity index (χ1) is 11.4. The molecule has 1 saturated carbocycles. The van der Waals surface area contributed by atoms with Crippen LogP contribution in [-0.4, -0.2) is 50.0 Å². The Morgan fingerprint density at radius 3 is 2.67 bits per heavy atom. The predicted molar refractivity (Wildman–Crippen MR) is 87.5 cm³/mol. The number of benzene rings is 1. The number of anilines is 1. The molecule has 2 rings (SSSR count). The van der Waals surface area contributed by atoms with E-state index in [9.17, 15) is 14.4 Å². The van der Waals surface area contributed by atoms with Gasteiger partial charge in [-0.1, -0.05) is 13.0 Å². The fraction of sp³-hybridized carbons (Fsp3) is 0.471. The SMILES string of the molecule is COc1cccc(NC(=O)CN(C)C(=O)COC(=O)[C@H]2C[C@@H]2C)c1. The minimum Gasteiger partial charge on any atom is -0.497 e. The summed E-state index contributed by atoms with van der Waals surface area (Å²) in [6.45, 7) is 1.49. The number of hydrogen-bond acceptors (Lipinski definition) is 5. The van der Waals surface area contributed by atoms with Crippen LogP contribution in [0.5, 0.6) is 5.75 Å². The Kier molecular flexibility index (Phi) is 5.78. The lowest BCUT2D eigenvalue weighted by Crippen LogP contribution is -2.37. The number of ether oxygens (including phenoxy) is 2. The lowest BCUT2D eigenvalue weighted by molar-refractivity contribution is -0.153. The van der Waals surface area contributed by atoms with Crippen molar-refractivity contribution in [3.05, 3.63) is 24.3 Å². The Labute approximate surface area is 140 Å². The van der Waals surface area contributed by atoms with Crippen LogP contribution in [-0.2, 0) is 19.1 Å². The van der Waals surface area contributed by atoms with E-state index >= 15 is 0 Å². The molecule has 0 spiro atoms. The van der Waals surface area contributed by atoms with Crippen LogP contribution in [0.3, 0.4) is 0 Å². The van der Waals surface area contributed by atoms with Gasteiger partial charge in [-0.15, -0.1) is 0 Å². The summed E-state index contributed by atoms with van der Waals surface area (Å²) >= 11 is 0. The van der Waals surface area contributed by atoms with Crippen LogP contribution in [0, 0.1) is 11.8 Å². The van der Waals surface area contributed by atoms with Gasteiger partial charge in [0.05, 0.1) is 19.6 Å². The van der Waals surface area contributed by atoms with Crippen molar-refractivity contribution in [2.75, 3.05) is 32.6 Å². The van der Waals surface area contributed by atoms with E-state index in [1.165, 1.54) is 19.1 Å². The predicted octanol–water partition coefficient (Wildman–Crippen LogP) is 1.29. The van der Waals surface area contributed by atoms with Gasteiger partial charge in [0.15, 0.2) is 6.61 Å². The van der Waals surface area contributed by atoms with E-state index in [-0.39, 0.29) is 30.9 Å². The average Bonchev–Trinajstić information content (AvgIpc) is 3.29. The van der Waals surface area contributed by atoms with Gasteiger partial charge in [0.1, 0.15) is 5.75 Å². The Bertz CT molecular complexity index is 631. The molecule has 0 aliphatic heterocycles. The summed E-state index contributed by atoms with van der Waals surface area (Å²) in [6, 6.07) is 6.92. The molecule has 130 valence electrons. The first-order valence-electron chi connectivity index (χ1n) is 7.75. The molecule has 0 bridgehead atoms. The minimum absolute atomic E-state index is 0.0838. The maximum absolute atomic E-state index is 12.0. The van der Waals surface area contributed by atoms with Crippen LogP contribution in [0.25, 0.3) is 0 Å². The smallest absolute Gasteiger partial charge is 0.309 e. The molecular weight excluding hydrogens is 312 g/mol. The summed E-state index contributed by atoms with van der Waals surface area (Å²) in [7, 11) is 3.03. The minimum atomic E-state index is -0.419. The number of esters is 1. The van der Waals surface area contributed by atoms with Crippen molar-refractivity contribution in [2.45, 2.75) is 13.3 Å². The van der Waals surface area contributed by atoms with Crippen LogP contribution < -0.4 is 10.1 Å². The molecule has 7 heteroatoms. The molecule has 0 heterocycles. The molecule has 1 aliphatic carbocycles. The molecular formula is C17H22N2O5. The Hall–Kier alpha value is -2.57. The van der Waals surface area contributed by atoms with Gasteiger partial charge in [0, 0.05) is 18.8 Å². The summed E-state index contributed by atoms with van der Waals surface area (Å²) < 4.78 is 10.0. The Morgan fingerprint density at radius 1 is 1.33 bits per heavy atom. The van der Waals surface area contributed by atoms with Gasteiger partial charge < -0.3 is 19.7 Å². The number of nitrogens with one attached hydrogen (secondary N) is 1. The number of carbonyl (C=O) groups excluding carboxylic acids is 3. The number of carbonyl (C=O) groups is 3. The molecule has 1 N–H and O–H groups in total. The van der Waals surface area contributed by atoms with Crippen molar-refractivity contribution in [1.29, 1.82) is 0 Å². The maximum atomic E-state index is 12.0. The third-order valence-corrected chi connectivity index (χ3v) is 3.91. The summed E-state index contributed by atoms with van der Waals surface area (Å²) in [6.07, 6.45) is 0.811. The van der Waals surface area contributed by atoms with Crippen molar-refractivity contribution in [3.8, 4) is 5.75 Å². The highest BCUT2D eigenvalue weighted by molar-refractivity contribution is 5.95. The van der Waals surface area contributed by atoms with Crippen molar-refractivity contribution < 1.29 is 23.9 Å². The zero-order chi connectivity index (χ0) is 17.7. The van der Waals surface area contributed by atoms with Crippen LogP contribution in [0.2, 0.25) is 0 Å². The molecule has 1 aliphatic rings. The number of rotatable bonds is 7. The fourth-order valence-corrected chi connectivity index (χ4v) is 2.21. The van der Waals surface area contributed by atoms with Gasteiger partial charge in [-0.05, 0) is 24.5 Å². The number of likely N-dealkylation sites (N-methyl/N-ethyl adjacent to an activating group) is 1. The third kappa shape index (κ3) is 4.97. The highest BCUT2D eigenvalue weighted by atomic mass is 16.5. The zero-order valence-corrected chi connectivity index (χ0v) is 14.1. The molecule has 2 atom stereocenters. The van der Waals surface area contributed by atoms with Crippen molar-refractivity contribution in [3.63, 3.8) is 0 Å². The second kappa shape index (κ2) is 7.81. The molecule has 1 aromatic carbocycles. The first kappa shape index (κ1) is 17.8. The largest absolute Gasteiger partial charge is 0.497 e. The molecule has 0 aromatic heterocycles. The fourth-order valence-electron chi connectivity index (χ4n) is 2.21. The van der Waals surface area contributed by atoms with E-state index in [0.29, 0.717) is 17.4 Å². The van der Waals surface area contributed by atoms with Gasteiger partial charge in [0.2, 0.25) is 5.91 Å². The average molecular weight is 334 g/mol. The number of amides is 2. The normalized spacial score (nSPS) is 18.5. The quantitative estimate of drug-likeness (QED) is 0.760. The molecule has 0 saturated heterocycles. The van der Waals surface area contributed by atoms with Gasteiger partial charge in [0.25, 0.3) is 5.91 Å². The number of hydrogen-bond donors (Lipinski definition) is 1. The molecule has 0 radical (unpaired) electrons. The molecule has 0 unspecified atom stereocenters. The van der Waals surface area contributed by atoms with Crippen molar-refractivity contribution >= 4 is 23.5 Å². The van der Waals surface area contributed by atoms with E-state index in [4.69, 9.17) is 9.47 Å². The van der Waals surface area contributed by atoms with Crippen molar-refractivity contribution in [1.82, 2.24) is 4.90 Å². The first-order valence-corrected chi connectivity index (χ1v) is 7.75. The van der Waals surface area contributed by atoms with Crippen LogP contribution >= 0.6 is 0 Å². The highest BCUT2D eigenvalue weighted by Crippen LogP contribution is 2.38. The summed E-state index contributed by atoms with van der Waals surface area (Å²) in [4.78, 5) is 36.7. The van der Waals surface area contributed by atoms with E-state index in [0.717, 1.165) is 6.42 Å². The molecule has 24 heavy (non-hydrogen) atoms. The lowest BCUT2D eigenvalue weighted by Gasteiger charge is -2.17. The van der Waals surface area contributed by atoms with E-state index < -0.39 is 5.91 Å². The molecule has 1 fully saturated rings. The van der Waals surface area contributed by atoms with Crippen LogP contribution in [0.1, 0.15) is 13.3 Å². The standard InChI is InChI=1S/C17H22N2O5/c1-11-7-14(11)17(22)24-10-16(21)19(2)9-15(20)18-12-5-4-6-13(8-12)23-3/h4-6,8,11,14H,7,9-10H2,1-3H3,(H,18,20)/t11-,14-/m0/s1. The van der Waals surface area contributed by atoms with Gasteiger partial charge in [-0.3, -0.25) is 14.4 Å². The molecule has 7 nitrogen and oxygen atoms in total. The zero-order valence-electron chi connectivity index (χ0n) is 14.1. The van der Waals surface area contributed by atoms with Gasteiger partial charge in [-0.2, -0.15) is 0 Å². The van der Waals surface area contributed by atoms with E-state index in [1.54, 1.807) is 24.3 Å². The summed E-state index contributed by atoms with van der Waals surface area (Å²) in [5, 5.41) is 2.68. The second-order valence-electron chi connectivity index (χ2n) is 5.96. The monoisotopic (exact) mass is 334 g/mol. The van der Waals surface area contributed by atoms with Gasteiger partial charge >= 0.3 is 5.97 Å². The second-order valence-corrected chi connectivity index (χ2v) is 5.96. The maximum Gasteiger partial charge on any atom is 0.309 e. The Balaban J connectivity index is 1.75. The number of methoxy groups -OCH3 is 1. The van der Waals surface area contributed by atoms with E-state index in [2.05, 4.69) is 5.32 Å². The number of nitrogens with zero attached hydrogens (tertiary/aromatic N) is 1. The summed E-state index contributed by atoms with van der Waals surface area (Å²) in [5.74, 6) is -0.236. The van der Waals surface area contributed by atoms with Crippen molar-refractivity contribution in [2.24, 2.45) is 11.8 Å². The highest BCUT2D eigenvalue weighted by Gasteiger charge is 2.40. The Morgan fingerprint density at radius 2 is 2.04 bits per heavy atom. The van der Waals surface area contributed by atoms with Gasteiger partial charge in [-0.25, -0.2) is 0 Å². The van der Waals surface area contributed by atoms with E-state index in [1.807, 2.05) is 6.92 Å². The molecule has 1 aromatic rings. The summed E-state index contributed by atoms with van der Waals surface area (Å²) in [5.41, 5.74) is 0.578. The lowest BCUT2D eigenvalue weighted by atomic mass is 10.3. The third-order valence-electron chi connectivity index (χ3n) is 3.91. The topological polar surface area (TPSA) is 84.9 Å². The van der Waals surface area contributed by atoms with Crippen LogP contribution in [0.15, 0.2) is 24.3 Å².